The Bertz CT molecular complexity index is 749. The Morgan fingerprint density at radius 2 is 2.00 bits per heavy atom. The van der Waals surface area contributed by atoms with E-state index in [4.69, 9.17) is 4.74 Å². The molecule has 1 amide bonds. The first-order valence-corrected chi connectivity index (χ1v) is 6.85. The Hall–Kier alpha value is -2.96. The van der Waals surface area contributed by atoms with E-state index < -0.39 is 22.8 Å². The van der Waals surface area contributed by atoms with Crippen molar-refractivity contribution in [2.45, 2.75) is 20.0 Å². The number of halogens is 1. The molecule has 0 saturated heterocycles. The van der Waals surface area contributed by atoms with Crippen LogP contribution < -0.4 is 10.1 Å². The van der Waals surface area contributed by atoms with Gasteiger partial charge in [0, 0.05) is 12.1 Å². The van der Waals surface area contributed by atoms with E-state index in [9.17, 15) is 19.3 Å². The summed E-state index contributed by atoms with van der Waals surface area (Å²) in [6.45, 7) is 3.18. The van der Waals surface area contributed by atoms with Gasteiger partial charge < -0.3 is 10.1 Å². The molecule has 0 aliphatic heterocycles. The van der Waals surface area contributed by atoms with E-state index in [1.807, 2.05) is 0 Å². The van der Waals surface area contributed by atoms with Crippen molar-refractivity contribution in [1.29, 1.82) is 0 Å². The second-order valence-electron chi connectivity index (χ2n) is 4.94. The number of hydrogen-bond donors (Lipinski definition) is 1. The van der Waals surface area contributed by atoms with E-state index >= 15 is 0 Å². The van der Waals surface area contributed by atoms with Gasteiger partial charge in [-0.25, -0.2) is 4.39 Å². The Morgan fingerprint density at radius 3 is 2.65 bits per heavy atom. The monoisotopic (exact) mass is 318 g/mol. The average Bonchev–Trinajstić information content (AvgIpc) is 2.51. The summed E-state index contributed by atoms with van der Waals surface area (Å²) in [5.74, 6) is -1.14. The summed E-state index contributed by atoms with van der Waals surface area (Å²) in [6, 6.07) is 9.90. The molecule has 7 heteroatoms. The van der Waals surface area contributed by atoms with Crippen LogP contribution in [0.15, 0.2) is 42.5 Å². The number of anilines is 1. The molecule has 0 fully saturated rings. The van der Waals surface area contributed by atoms with Crippen LogP contribution in [0.25, 0.3) is 0 Å². The normalized spacial score (nSPS) is 11.6. The Labute approximate surface area is 132 Å². The fourth-order valence-corrected chi connectivity index (χ4v) is 1.88. The summed E-state index contributed by atoms with van der Waals surface area (Å²) >= 11 is 0. The number of nitro benzene ring substituents is 1. The first-order valence-electron chi connectivity index (χ1n) is 6.85. The summed E-state index contributed by atoms with van der Waals surface area (Å²) in [6.07, 6.45) is -0.967. The maximum absolute atomic E-state index is 13.5. The van der Waals surface area contributed by atoms with Crippen molar-refractivity contribution in [3.63, 3.8) is 0 Å². The minimum atomic E-state index is -0.967. The third-order valence-electron chi connectivity index (χ3n) is 3.20. The maximum Gasteiger partial charge on any atom is 0.271 e. The fourth-order valence-electron chi connectivity index (χ4n) is 1.88. The van der Waals surface area contributed by atoms with Crippen molar-refractivity contribution < 1.29 is 18.8 Å². The zero-order valence-electron chi connectivity index (χ0n) is 12.6. The van der Waals surface area contributed by atoms with Crippen molar-refractivity contribution in [1.82, 2.24) is 0 Å². The molecule has 0 radical (unpaired) electrons. The quantitative estimate of drug-likeness (QED) is 0.676. The summed E-state index contributed by atoms with van der Waals surface area (Å²) in [5, 5.41) is 13.3. The second-order valence-corrected chi connectivity index (χ2v) is 4.94. The molecule has 2 aromatic rings. The standard InChI is InChI=1S/C16H15FN2O4/c1-10-7-8-12(19(21)22)9-14(10)18-16(20)11(2)23-15-6-4-3-5-13(15)17/h3-9,11H,1-2H3,(H,18,20)/t11-/m0/s1. The van der Waals surface area contributed by atoms with Gasteiger partial charge in [-0.3, -0.25) is 14.9 Å². The van der Waals surface area contributed by atoms with E-state index in [1.165, 1.54) is 43.3 Å². The molecule has 0 aliphatic rings. The number of nitro groups is 1. The summed E-state index contributed by atoms with van der Waals surface area (Å²) in [5.41, 5.74) is 0.851. The molecule has 0 unspecified atom stereocenters. The van der Waals surface area contributed by atoms with Gasteiger partial charge in [0.1, 0.15) is 0 Å². The predicted octanol–water partition coefficient (Wildman–Crippen LogP) is 3.45. The highest BCUT2D eigenvalue weighted by Gasteiger charge is 2.18. The number of ether oxygens (including phenoxy) is 1. The number of non-ortho nitro benzene ring substituents is 1. The van der Waals surface area contributed by atoms with Crippen molar-refractivity contribution in [2.24, 2.45) is 0 Å². The van der Waals surface area contributed by atoms with Crippen molar-refractivity contribution in [3.05, 3.63) is 64.0 Å². The van der Waals surface area contributed by atoms with Gasteiger partial charge >= 0.3 is 0 Å². The van der Waals surface area contributed by atoms with Crippen LogP contribution in [-0.4, -0.2) is 16.9 Å². The Balaban J connectivity index is 2.11. The molecule has 1 N–H and O–H groups in total. The number of aryl methyl sites for hydroxylation is 1. The number of benzene rings is 2. The van der Waals surface area contributed by atoms with Crippen LogP contribution >= 0.6 is 0 Å². The number of rotatable bonds is 5. The van der Waals surface area contributed by atoms with Gasteiger partial charge in [0.2, 0.25) is 0 Å². The van der Waals surface area contributed by atoms with Gasteiger partial charge in [-0.15, -0.1) is 0 Å². The highest BCUT2D eigenvalue weighted by Crippen LogP contribution is 2.23. The van der Waals surface area contributed by atoms with Crippen LogP contribution in [-0.2, 0) is 4.79 Å². The molecule has 120 valence electrons. The van der Waals surface area contributed by atoms with Crippen LogP contribution in [0.5, 0.6) is 5.75 Å². The molecule has 2 rings (SSSR count). The van der Waals surface area contributed by atoms with E-state index in [1.54, 1.807) is 13.0 Å². The number of hydrogen-bond acceptors (Lipinski definition) is 4. The van der Waals surface area contributed by atoms with Gasteiger partial charge in [-0.1, -0.05) is 18.2 Å². The van der Waals surface area contributed by atoms with Crippen LogP contribution in [0.2, 0.25) is 0 Å². The number of nitrogens with one attached hydrogen (secondary N) is 1. The van der Waals surface area contributed by atoms with Gasteiger partial charge in [-0.2, -0.15) is 0 Å². The lowest BCUT2D eigenvalue weighted by Crippen LogP contribution is -2.30. The van der Waals surface area contributed by atoms with Crippen molar-refractivity contribution >= 4 is 17.3 Å². The molecule has 6 nitrogen and oxygen atoms in total. The van der Waals surface area contributed by atoms with E-state index in [-0.39, 0.29) is 11.4 Å². The second kappa shape index (κ2) is 6.87. The molecule has 23 heavy (non-hydrogen) atoms. The summed E-state index contributed by atoms with van der Waals surface area (Å²) < 4.78 is 18.8. The highest BCUT2D eigenvalue weighted by molar-refractivity contribution is 5.95. The van der Waals surface area contributed by atoms with Crippen molar-refractivity contribution in [2.75, 3.05) is 5.32 Å². The Kier molecular flexibility index (Phi) is 4.90. The lowest BCUT2D eigenvalue weighted by Gasteiger charge is -2.16. The van der Waals surface area contributed by atoms with Gasteiger partial charge in [0.05, 0.1) is 10.6 Å². The molecule has 0 bridgehead atoms. The highest BCUT2D eigenvalue weighted by atomic mass is 19.1. The predicted molar refractivity (Wildman–Crippen MR) is 83.0 cm³/mol. The summed E-state index contributed by atoms with van der Waals surface area (Å²) in [7, 11) is 0. The Morgan fingerprint density at radius 1 is 1.30 bits per heavy atom. The average molecular weight is 318 g/mol. The van der Waals surface area contributed by atoms with Crippen LogP contribution in [0, 0.1) is 22.9 Å². The topological polar surface area (TPSA) is 81.5 Å². The molecule has 0 aromatic heterocycles. The minimum Gasteiger partial charge on any atom is -0.478 e. The first kappa shape index (κ1) is 16.4. The molecule has 0 heterocycles. The van der Waals surface area contributed by atoms with Crippen LogP contribution in [0.4, 0.5) is 15.8 Å². The molecule has 2 aromatic carbocycles. The number of carbonyl (C=O) groups excluding carboxylic acids is 1. The van der Waals surface area contributed by atoms with Gasteiger partial charge in [-0.05, 0) is 31.5 Å². The number of para-hydroxylation sites is 1. The lowest BCUT2D eigenvalue weighted by molar-refractivity contribution is -0.384. The zero-order chi connectivity index (χ0) is 17.0. The molecule has 0 aliphatic carbocycles. The molecule has 1 atom stereocenters. The smallest absolute Gasteiger partial charge is 0.271 e. The summed E-state index contributed by atoms with van der Waals surface area (Å²) in [4.78, 5) is 22.4. The van der Waals surface area contributed by atoms with Gasteiger partial charge in [0.25, 0.3) is 11.6 Å². The molecule has 0 saturated carbocycles. The number of amides is 1. The molecule has 0 spiro atoms. The first-order chi connectivity index (χ1) is 10.9. The minimum absolute atomic E-state index is 0.0362. The third-order valence-corrected chi connectivity index (χ3v) is 3.20. The number of nitrogens with zero attached hydrogens (tertiary/aromatic N) is 1. The molecular formula is C16H15FN2O4. The third kappa shape index (κ3) is 4.03. The zero-order valence-corrected chi connectivity index (χ0v) is 12.6. The van der Waals surface area contributed by atoms with Crippen LogP contribution in [0.3, 0.4) is 0 Å². The number of carbonyl (C=O) groups is 1. The van der Waals surface area contributed by atoms with Gasteiger partial charge in [0.15, 0.2) is 17.7 Å². The van der Waals surface area contributed by atoms with Crippen molar-refractivity contribution in [3.8, 4) is 5.75 Å². The largest absolute Gasteiger partial charge is 0.478 e. The SMILES string of the molecule is Cc1ccc([N+](=O)[O-])cc1NC(=O)[C@H](C)Oc1ccccc1F. The van der Waals surface area contributed by atoms with E-state index in [0.29, 0.717) is 11.3 Å². The molecular weight excluding hydrogens is 303 g/mol. The van der Waals surface area contributed by atoms with E-state index in [0.717, 1.165) is 0 Å². The lowest BCUT2D eigenvalue weighted by atomic mass is 10.1. The van der Waals surface area contributed by atoms with Crippen LogP contribution in [0.1, 0.15) is 12.5 Å². The fraction of sp³-hybridized carbons (Fsp3) is 0.188. The maximum atomic E-state index is 13.5. The van der Waals surface area contributed by atoms with E-state index in [2.05, 4.69) is 5.32 Å².